The summed E-state index contributed by atoms with van der Waals surface area (Å²) in [5.41, 5.74) is 1.27. The Bertz CT molecular complexity index is 1860. The Morgan fingerprint density at radius 1 is 1.04 bits per heavy atom. The van der Waals surface area contributed by atoms with E-state index in [9.17, 15) is 33.5 Å². The number of carboxylic acids is 1. The van der Waals surface area contributed by atoms with Crippen molar-refractivity contribution in [3.05, 3.63) is 68.4 Å². The number of carbonyl (C=O) groups is 4. The monoisotopic (exact) mass is 695 g/mol. The number of amides is 3. The number of anilines is 1. The van der Waals surface area contributed by atoms with E-state index in [1.54, 1.807) is 31.7 Å². The van der Waals surface area contributed by atoms with Crippen molar-refractivity contribution in [3.8, 4) is 11.5 Å². The van der Waals surface area contributed by atoms with Crippen LogP contribution in [0.5, 0.6) is 11.5 Å². The molecule has 2 aliphatic heterocycles. The molecule has 252 valence electrons. The average molecular weight is 696 g/mol. The largest absolute Gasteiger partial charge is 0.490 e. The molecule has 48 heavy (non-hydrogen) atoms. The molecule has 1 saturated heterocycles. The predicted molar refractivity (Wildman–Crippen MR) is 175 cm³/mol. The minimum Gasteiger partial charge on any atom is -0.490 e. The van der Waals surface area contributed by atoms with Gasteiger partial charge in [-0.1, -0.05) is 31.3 Å². The minimum atomic E-state index is -1.22. The van der Waals surface area contributed by atoms with E-state index in [2.05, 4.69) is 10.3 Å². The molecule has 3 aromatic rings. The van der Waals surface area contributed by atoms with E-state index in [1.165, 1.54) is 24.3 Å². The van der Waals surface area contributed by atoms with Gasteiger partial charge in [0.05, 0.1) is 23.5 Å². The summed E-state index contributed by atoms with van der Waals surface area (Å²) in [6.07, 6.45) is 0.667. The summed E-state index contributed by atoms with van der Waals surface area (Å²) in [5.74, 6) is -4.47. The molecule has 3 heterocycles. The predicted octanol–water partition coefficient (Wildman–Crippen LogP) is 4.57. The molecule has 7 unspecified atom stereocenters. The first-order valence-corrected chi connectivity index (χ1v) is 17.6. The fourth-order valence-corrected chi connectivity index (χ4v) is 11.2. The third-order valence-corrected chi connectivity index (χ3v) is 12.6. The molecule has 2 aromatic carbocycles. The number of hydrogen-bond acceptors (Lipinski definition) is 9. The molecule has 2 bridgehead atoms. The molecule has 3 fully saturated rings. The SMILES string of the molecule is CCOc1cc([C@H]2c3sc(=O)[nH]c3SC3C4CC(C5C(=O)N(C(C(=O)O)C(C)C)C(=O)C45)C32)ccc1OCC(=O)Nc1ccc(F)cc1. The Morgan fingerprint density at radius 3 is 2.42 bits per heavy atom. The molecule has 3 N–H and O–H groups in total. The van der Waals surface area contributed by atoms with Crippen LogP contribution in [0.15, 0.2) is 52.3 Å². The summed E-state index contributed by atoms with van der Waals surface area (Å²) < 4.78 is 25.0. The van der Waals surface area contributed by atoms with Gasteiger partial charge in [0, 0.05) is 21.7 Å². The van der Waals surface area contributed by atoms with Crippen molar-refractivity contribution in [1.29, 1.82) is 0 Å². The van der Waals surface area contributed by atoms with Crippen molar-refractivity contribution in [2.45, 2.75) is 49.4 Å². The van der Waals surface area contributed by atoms with Gasteiger partial charge in [-0.3, -0.25) is 24.1 Å². The second-order valence-electron chi connectivity index (χ2n) is 13.0. The van der Waals surface area contributed by atoms with Crippen molar-refractivity contribution in [1.82, 2.24) is 9.88 Å². The average Bonchev–Trinajstić information content (AvgIpc) is 3.77. The van der Waals surface area contributed by atoms with Gasteiger partial charge in [0.15, 0.2) is 18.1 Å². The summed E-state index contributed by atoms with van der Waals surface area (Å²) >= 11 is 2.68. The number of rotatable bonds is 10. The molecule has 1 aromatic heterocycles. The first-order valence-electron chi connectivity index (χ1n) is 15.9. The van der Waals surface area contributed by atoms with Crippen molar-refractivity contribution >= 4 is 52.5 Å². The molecule has 2 aliphatic carbocycles. The van der Waals surface area contributed by atoms with Gasteiger partial charge in [-0.15, -0.1) is 11.8 Å². The number of H-pyrrole nitrogens is 1. The lowest BCUT2D eigenvalue weighted by atomic mass is 9.68. The van der Waals surface area contributed by atoms with Crippen LogP contribution in [0.4, 0.5) is 10.1 Å². The van der Waals surface area contributed by atoms with Gasteiger partial charge in [-0.2, -0.15) is 0 Å². The number of hydrogen-bond donors (Lipinski definition) is 3. The highest BCUT2D eigenvalue weighted by Crippen LogP contribution is 2.68. The first-order chi connectivity index (χ1) is 23.0. The number of thiazole rings is 1. The van der Waals surface area contributed by atoms with E-state index in [0.29, 0.717) is 30.2 Å². The zero-order valence-corrected chi connectivity index (χ0v) is 27.9. The minimum absolute atomic E-state index is 0.0698. The van der Waals surface area contributed by atoms with Gasteiger partial charge in [0.25, 0.3) is 5.91 Å². The summed E-state index contributed by atoms with van der Waals surface area (Å²) in [6, 6.07) is 9.61. The molecule has 11 nitrogen and oxygen atoms in total. The number of halogens is 1. The van der Waals surface area contributed by atoms with Crippen LogP contribution in [-0.4, -0.2) is 63.2 Å². The Morgan fingerprint density at radius 2 is 1.75 bits per heavy atom. The molecule has 4 aliphatic rings. The van der Waals surface area contributed by atoms with Gasteiger partial charge in [-0.25, -0.2) is 9.18 Å². The summed E-state index contributed by atoms with van der Waals surface area (Å²) in [4.78, 5) is 69.8. The molecule has 0 spiro atoms. The molecule has 8 atom stereocenters. The summed E-state index contributed by atoms with van der Waals surface area (Å²) in [6.45, 7) is 5.22. The Kier molecular flexibility index (Phi) is 8.35. The lowest BCUT2D eigenvalue weighted by molar-refractivity contribution is -0.157. The number of nitrogens with zero attached hydrogens (tertiary/aromatic N) is 1. The van der Waals surface area contributed by atoms with Crippen molar-refractivity contribution < 1.29 is 38.1 Å². The standard InChI is InChI=1S/C34H34FN3O8S2/c1-4-45-21-11-15(5-10-20(21)46-13-22(39)36-17-8-6-16(35)7-9-17)23-24-18-12-19(28(24)47-30-29(23)48-34(44)37-30)26-25(18)31(40)38(32(26)41)27(14(2)3)33(42)43/h5-11,14,18-19,23-28H,4,12-13H2,1-3H3,(H,36,39)(H,37,44)(H,42,43)/t18?,19?,23-,24?,25?,26?,27?,28?/m1/s1. The van der Waals surface area contributed by atoms with E-state index >= 15 is 0 Å². The molecule has 14 heteroatoms. The second kappa shape index (κ2) is 12.4. The first kappa shape index (κ1) is 32.4. The molecule has 3 amide bonds. The van der Waals surface area contributed by atoms with E-state index in [4.69, 9.17) is 9.47 Å². The Hall–Kier alpha value is -4.17. The van der Waals surface area contributed by atoms with Gasteiger partial charge in [0.2, 0.25) is 11.8 Å². The van der Waals surface area contributed by atoms with Crippen molar-refractivity contribution in [3.63, 3.8) is 0 Å². The quantitative estimate of drug-likeness (QED) is 0.259. The zero-order valence-electron chi connectivity index (χ0n) is 26.3. The number of aromatic nitrogens is 1. The normalized spacial score (nSPS) is 27.4. The maximum absolute atomic E-state index is 13.9. The third kappa shape index (κ3) is 5.29. The highest BCUT2D eigenvalue weighted by atomic mass is 32.2. The Balaban J connectivity index is 1.19. The van der Waals surface area contributed by atoms with Crippen LogP contribution in [0.25, 0.3) is 0 Å². The van der Waals surface area contributed by atoms with Crippen LogP contribution in [0.3, 0.4) is 0 Å². The molecule has 2 saturated carbocycles. The van der Waals surface area contributed by atoms with E-state index in [1.807, 2.05) is 19.1 Å². The second-order valence-corrected chi connectivity index (χ2v) is 15.2. The number of carboxylic acid groups (broad SMARTS) is 1. The lowest BCUT2D eigenvalue weighted by Gasteiger charge is -2.43. The maximum Gasteiger partial charge on any atom is 0.327 e. The third-order valence-electron chi connectivity index (χ3n) is 10.0. The molecular formula is C34H34FN3O8S2. The number of carbonyl (C=O) groups excluding carboxylic acids is 3. The molecule has 7 rings (SSSR count). The van der Waals surface area contributed by atoms with Crippen LogP contribution in [-0.2, 0) is 19.2 Å². The lowest BCUT2D eigenvalue weighted by Crippen LogP contribution is -2.49. The number of aliphatic carboxylic acids is 1. The number of nitrogens with one attached hydrogen (secondary N) is 2. The summed E-state index contributed by atoms with van der Waals surface area (Å²) in [7, 11) is 0. The van der Waals surface area contributed by atoms with Gasteiger partial charge >= 0.3 is 10.8 Å². The fraction of sp³-hybridized carbons (Fsp3) is 0.441. The van der Waals surface area contributed by atoms with E-state index in [0.717, 1.165) is 31.7 Å². The van der Waals surface area contributed by atoms with Gasteiger partial charge in [-0.05, 0) is 79.0 Å². The van der Waals surface area contributed by atoms with Crippen molar-refractivity contribution in [2.24, 2.45) is 35.5 Å². The maximum atomic E-state index is 13.9. The number of imide groups is 1. The smallest absolute Gasteiger partial charge is 0.327 e. The van der Waals surface area contributed by atoms with E-state index in [-0.39, 0.29) is 40.4 Å². The van der Waals surface area contributed by atoms with Crippen LogP contribution in [0, 0.1) is 41.3 Å². The number of likely N-dealkylation sites (tertiary alicyclic amines) is 1. The number of benzene rings is 2. The number of thioether (sulfide) groups is 1. The highest BCUT2D eigenvalue weighted by Gasteiger charge is 2.70. The van der Waals surface area contributed by atoms with Crippen LogP contribution >= 0.6 is 23.1 Å². The highest BCUT2D eigenvalue weighted by molar-refractivity contribution is 8.00. The van der Waals surface area contributed by atoms with Crippen molar-refractivity contribution in [2.75, 3.05) is 18.5 Å². The van der Waals surface area contributed by atoms with Crippen LogP contribution in [0.1, 0.15) is 43.6 Å². The number of fused-ring (bicyclic) bond motifs is 9. The number of ether oxygens (including phenoxy) is 2. The number of aromatic amines is 1. The Labute approximate surface area is 283 Å². The topological polar surface area (TPSA) is 155 Å². The molecule has 0 radical (unpaired) electrons. The zero-order chi connectivity index (χ0) is 34.0. The summed E-state index contributed by atoms with van der Waals surface area (Å²) in [5, 5.41) is 13.3. The van der Waals surface area contributed by atoms with Crippen LogP contribution in [0.2, 0.25) is 0 Å². The fourth-order valence-electron chi connectivity index (χ4n) is 8.36. The molecular weight excluding hydrogens is 662 g/mol. The van der Waals surface area contributed by atoms with Gasteiger partial charge in [0.1, 0.15) is 11.9 Å². The van der Waals surface area contributed by atoms with Crippen LogP contribution < -0.4 is 19.7 Å². The van der Waals surface area contributed by atoms with E-state index < -0.39 is 53.3 Å². The van der Waals surface area contributed by atoms with Gasteiger partial charge < -0.3 is 24.9 Å².